The van der Waals surface area contributed by atoms with Crippen LogP contribution < -0.4 is 0 Å². The summed E-state index contributed by atoms with van der Waals surface area (Å²) in [5.74, 6) is -0.258. The minimum absolute atomic E-state index is 0.409. The van der Waals surface area contributed by atoms with Gasteiger partial charge in [-0.1, -0.05) is 20.8 Å². The van der Waals surface area contributed by atoms with E-state index in [4.69, 9.17) is 0 Å². The van der Waals surface area contributed by atoms with Crippen molar-refractivity contribution in [1.29, 1.82) is 0 Å². The van der Waals surface area contributed by atoms with Crippen molar-refractivity contribution in [2.24, 2.45) is 11.3 Å². The maximum absolute atomic E-state index is 11.5. The molecule has 3 heteroatoms. The average Bonchev–Trinajstić information content (AvgIpc) is 2.61. The van der Waals surface area contributed by atoms with Gasteiger partial charge in [0.15, 0.2) is 0 Å². The number of hydrogen-bond donors (Lipinski definition) is 2. The third kappa shape index (κ3) is 2.57. The largest absolute Gasteiger partial charge is 0.481 e. The molecule has 0 heterocycles. The first-order valence-electron chi connectivity index (χ1n) is 6.33. The molecule has 0 saturated heterocycles. The van der Waals surface area contributed by atoms with Crippen molar-refractivity contribution in [3.8, 4) is 0 Å². The van der Waals surface area contributed by atoms with Crippen molar-refractivity contribution in [2.45, 2.75) is 64.9 Å². The summed E-state index contributed by atoms with van der Waals surface area (Å²) in [6.45, 7) is 5.95. The van der Waals surface area contributed by atoms with Crippen LogP contribution in [0.15, 0.2) is 0 Å². The second-order valence-electron chi connectivity index (χ2n) is 5.54. The Morgan fingerprint density at radius 2 is 2.00 bits per heavy atom. The molecule has 0 aromatic carbocycles. The Labute approximate surface area is 97.9 Å². The normalized spacial score (nSPS) is 30.6. The van der Waals surface area contributed by atoms with Crippen LogP contribution in [0, 0.1) is 11.3 Å². The third-order valence-corrected chi connectivity index (χ3v) is 4.29. The summed E-state index contributed by atoms with van der Waals surface area (Å²) < 4.78 is 0. The standard InChI is InChI=1S/C13H24O3/c1-4-13(16,5-2)9-12(11(14)15)7-6-10(3)8-12/h10,16H,4-9H2,1-3H3,(H,14,15). The van der Waals surface area contributed by atoms with Crippen molar-refractivity contribution in [3.63, 3.8) is 0 Å². The van der Waals surface area contributed by atoms with Gasteiger partial charge in [0.25, 0.3) is 0 Å². The van der Waals surface area contributed by atoms with Gasteiger partial charge in [-0.15, -0.1) is 0 Å². The summed E-state index contributed by atoms with van der Waals surface area (Å²) in [7, 11) is 0. The highest BCUT2D eigenvalue weighted by molar-refractivity contribution is 5.75. The van der Waals surface area contributed by atoms with Crippen LogP contribution in [0.3, 0.4) is 0 Å². The van der Waals surface area contributed by atoms with Crippen LogP contribution in [-0.2, 0) is 4.79 Å². The molecule has 0 bridgehead atoms. The van der Waals surface area contributed by atoms with Crippen molar-refractivity contribution in [3.05, 3.63) is 0 Å². The summed E-state index contributed by atoms with van der Waals surface area (Å²) in [5, 5.41) is 19.8. The smallest absolute Gasteiger partial charge is 0.309 e. The zero-order valence-corrected chi connectivity index (χ0v) is 10.6. The molecule has 1 fully saturated rings. The van der Waals surface area contributed by atoms with Gasteiger partial charge < -0.3 is 10.2 Å². The highest BCUT2D eigenvalue weighted by Crippen LogP contribution is 2.48. The molecular weight excluding hydrogens is 204 g/mol. The van der Waals surface area contributed by atoms with E-state index in [1.807, 2.05) is 13.8 Å². The molecule has 1 aliphatic carbocycles. The lowest BCUT2D eigenvalue weighted by molar-refractivity contribution is -0.153. The fourth-order valence-electron chi connectivity index (χ4n) is 2.95. The summed E-state index contributed by atoms with van der Waals surface area (Å²) >= 11 is 0. The average molecular weight is 228 g/mol. The van der Waals surface area contributed by atoms with Crippen molar-refractivity contribution in [1.82, 2.24) is 0 Å². The van der Waals surface area contributed by atoms with Gasteiger partial charge in [0.2, 0.25) is 0 Å². The molecule has 0 aliphatic heterocycles. The van der Waals surface area contributed by atoms with Crippen molar-refractivity contribution in [2.75, 3.05) is 0 Å². The second-order valence-corrected chi connectivity index (χ2v) is 5.54. The number of hydrogen-bond acceptors (Lipinski definition) is 2. The van der Waals surface area contributed by atoms with E-state index in [0.29, 0.717) is 38.0 Å². The molecule has 1 aliphatic rings. The van der Waals surface area contributed by atoms with Gasteiger partial charge in [-0.2, -0.15) is 0 Å². The zero-order chi connectivity index (χ0) is 12.4. The van der Waals surface area contributed by atoms with Crippen LogP contribution in [0.1, 0.15) is 59.3 Å². The van der Waals surface area contributed by atoms with E-state index in [-0.39, 0.29) is 0 Å². The summed E-state index contributed by atoms with van der Waals surface area (Å²) in [6.07, 6.45) is 4.07. The molecule has 1 rings (SSSR count). The van der Waals surface area contributed by atoms with Crippen LogP contribution in [0.5, 0.6) is 0 Å². The van der Waals surface area contributed by atoms with Gasteiger partial charge in [0.1, 0.15) is 0 Å². The van der Waals surface area contributed by atoms with Gasteiger partial charge in [-0.3, -0.25) is 4.79 Å². The molecule has 94 valence electrons. The first-order valence-corrected chi connectivity index (χ1v) is 6.33. The van der Waals surface area contributed by atoms with E-state index in [1.165, 1.54) is 0 Å². The van der Waals surface area contributed by atoms with Crippen molar-refractivity contribution < 1.29 is 15.0 Å². The minimum Gasteiger partial charge on any atom is -0.481 e. The lowest BCUT2D eigenvalue weighted by Gasteiger charge is -2.34. The molecule has 1 saturated carbocycles. The number of carboxylic acids is 1. The van der Waals surface area contributed by atoms with Gasteiger partial charge >= 0.3 is 5.97 Å². The fourth-order valence-corrected chi connectivity index (χ4v) is 2.95. The second kappa shape index (κ2) is 4.74. The quantitative estimate of drug-likeness (QED) is 0.760. The Morgan fingerprint density at radius 1 is 1.44 bits per heavy atom. The maximum atomic E-state index is 11.5. The van der Waals surface area contributed by atoms with Crippen LogP contribution in [0.2, 0.25) is 0 Å². The minimum atomic E-state index is -0.803. The molecule has 0 aromatic heterocycles. The lowest BCUT2D eigenvalue weighted by Crippen LogP contribution is -2.39. The molecule has 0 radical (unpaired) electrons. The molecule has 2 N–H and O–H groups in total. The van der Waals surface area contributed by atoms with Crippen LogP contribution >= 0.6 is 0 Å². The summed E-state index contributed by atoms with van der Waals surface area (Å²) in [6, 6.07) is 0. The topological polar surface area (TPSA) is 57.5 Å². The predicted molar refractivity (Wildman–Crippen MR) is 63.2 cm³/mol. The van der Waals surface area contributed by atoms with Gasteiger partial charge in [-0.05, 0) is 44.4 Å². The number of aliphatic carboxylic acids is 1. The van der Waals surface area contributed by atoms with Gasteiger partial charge in [0.05, 0.1) is 11.0 Å². The number of aliphatic hydroxyl groups is 1. The number of carboxylic acid groups (broad SMARTS) is 1. The molecule has 2 atom stereocenters. The highest BCUT2D eigenvalue weighted by Gasteiger charge is 2.48. The van der Waals surface area contributed by atoms with Crippen LogP contribution in [-0.4, -0.2) is 21.8 Å². The molecule has 16 heavy (non-hydrogen) atoms. The monoisotopic (exact) mass is 228 g/mol. The SMILES string of the molecule is CCC(O)(CC)CC1(C(=O)O)CCC(C)C1. The molecule has 0 amide bonds. The Balaban J connectivity index is 2.84. The van der Waals surface area contributed by atoms with E-state index in [1.54, 1.807) is 0 Å². The fraction of sp³-hybridized carbons (Fsp3) is 0.923. The van der Waals surface area contributed by atoms with E-state index in [2.05, 4.69) is 6.92 Å². The molecule has 3 nitrogen and oxygen atoms in total. The highest BCUT2D eigenvalue weighted by atomic mass is 16.4. The van der Waals surface area contributed by atoms with Crippen molar-refractivity contribution >= 4 is 5.97 Å². The predicted octanol–water partition coefficient (Wildman–Crippen LogP) is 2.82. The Kier molecular flexibility index (Phi) is 4.00. The zero-order valence-electron chi connectivity index (χ0n) is 10.6. The first kappa shape index (κ1) is 13.5. The maximum Gasteiger partial charge on any atom is 0.309 e. The summed E-state index contributed by atoms with van der Waals surface area (Å²) in [5.41, 5.74) is -1.48. The van der Waals surface area contributed by atoms with Gasteiger partial charge in [-0.25, -0.2) is 0 Å². The molecular formula is C13H24O3. The van der Waals surface area contributed by atoms with Crippen LogP contribution in [0.4, 0.5) is 0 Å². The first-order chi connectivity index (χ1) is 7.37. The molecule has 0 aromatic rings. The number of rotatable bonds is 5. The third-order valence-electron chi connectivity index (χ3n) is 4.29. The molecule has 2 unspecified atom stereocenters. The lowest BCUT2D eigenvalue weighted by atomic mass is 9.73. The molecule has 0 spiro atoms. The Morgan fingerprint density at radius 3 is 2.31 bits per heavy atom. The van der Waals surface area contributed by atoms with E-state index in [9.17, 15) is 15.0 Å². The van der Waals surface area contributed by atoms with E-state index >= 15 is 0 Å². The van der Waals surface area contributed by atoms with Crippen LogP contribution in [0.25, 0.3) is 0 Å². The summed E-state index contributed by atoms with van der Waals surface area (Å²) in [4.78, 5) is 11.5. The Hall–Kier alpha value is -0.570. The van der Waals surface area contributed by atoms with Gasteiger partial charge in [0, 0.05) is 0 Å². The van der Waals surface area contributed by atoms with E-state index in [0.717, 1.165) is 6.42 Å². The Bertz CT molecular complexity index is 258. The number of carbonyl (C=O) groups is 1. The van der Waals surface area contributed by atoms with E-state index < -0.39 is 17.0 Å².